The molecule has 2 atom stereocenters. The lowest BCUT2D eigenvalue weighted by atomic mass is 9.84. The fourth-order valence-electron chi connectivity index (χ4n) is 2.48. The molecule has 0 aliphatic heterocycles. The lowest BCUT2D eigenvalue weighted by Gasteiger charge is -2.29. The van der Waals surface area contributed by atoms with Crippen LogP contribution < -0.4 is 5.32 Å². The molecule has 0 radical (unpaired) electrons. The van der Waals surface area contributed by atoms with Crippen molar-refractivity contribution in [1.29, 1.82) is 0 Å². The topological polar surface area (TPSA) is 12.0 Å². The molecule has 0 fully saturated rings. The smallest absolute Gasteiger partial charge is 0.0452 e. The highest BCUT2D eigenvalue weighted by Gasteiger charge is 2.22. The van der Waals surface area contributed by atoms with Crippen LogP contribution in [0.3, 0.4) is 0 Å². The van der Waals surface area contributed by atoms with Crippen LogP contribution in [0.1, 0.15) is 39.7 Å². The van der Waals surface area contributed by atoms with E-state index in [-0.39, 0.29) is 0 Å². The molecule has 1 rings (SSSR count). The summed E-state index contributed by atoms with van der Waals surface area (Å²) in [5.41, 5.74) is 1.08. The van der Waals surface area contributed by atoms with Crippen molar-refractivity contribution in [2.24, 2.45) is 11.8 Å². The Bertz CT molecular complexity index is 370. The van der Waals surface area contributed by atoms with Crippen molar-refractivity contribution in [3.63, 3.8) is 0 Å². The molecule has 0 saturated carbocycles. The van der Waals surface area contributed by atoms with E-state index in [1.165, 1.54) is 0 Å². The van der Waals surface area contributed by atoms with Gasteiger partial charge in [0.2, 0.25) is 0 Å². The molecule has 2 unspecified atom stereocenters. The van der Waals surface area contributed by atoms with Gasteiger partial charge in [0, 0.05) is 16.1 Å². The normalized spacial score (nSPS) is 14.7. The molecule has 0 aromatic heterocycles. The Kier molecular flexibility index (Phi) is 7.20. The molecule has 0 amide bonds. The van der Waals surface area contributed by atoms with Crippen molar-refractivity contribution in [3.05, 3.63) is 33.8 Å². The van der Waals surface area contributed by atoms with Crippen molar-refractivity contribution in [2.75, 3.05) is 6.54 Å². The van der Waals surface area contributed by atoms with E-state index < -0.39 is 0 Å². The summed E-state index contributed by atoms with van der Waals surface area (Å²) < 4.78 is 0. The molecule has 1 aromatic carbocycles. The Balaban J connectivity index is 2.84. The molecule has 1 nitrogen and oxygen atoms in total. The summed E-state index contributed by atoms with van der Waals surface area (Å²) in [5.74, 6) is 1.12. The molecule has 1 aromatic rings. The SMILES string of the molecule is CCCNC(C)C(Cc1c(Cl)cccc1Cl)C(C)C. The predicted octanol–water partition coefficient (Wildman–Crippen LogP) is 5.20. The second kappa shape index (κ2) is 8.14. The molecule has 0 aliphatic carbocycles. The summed E-state index contributed by atoms with van der Waals surface area (Å²) in [4.78, 5) is 0. The van der Waals surface area contributed by atoms with Crippen LogP contribution in [0.4, 0.5) is 0 Å². The summed E-state index contributed by atoms with van der Waals surface area (Å²) in [6.07, 6.45) is 2.08. The molecule has 0 bridgehead atoms. The molecule has 0 aliphatic rings. The first-order chi connectivity index (χ1) is 8.97. The highest BCUT2D eigenvalue weighted by molar-refractivity contribution is 6.35. The fourth-order valence-corrected chi connectivity index (χ4v) is 3.03. The zero-order valence-electron chi connectivity index (χ0n) is 12.3. The third-order valence-electron chi connectivity index (χ3n) is 3.72. The first-order valence-electron chi connectivity index (χ1n) is 7.13. The van der Waals surface area contributed by atoms with Crippen LogP contribution in [-0.2, 0) is 6.42 Å². The molecule has 19 heavy (non-hydrogen) atoms. The van der Waals surface area contributed by atoms with Crippen molar-refractivity contribution >= 4 is 23.2 Å². The molecule has 0 spiro atoms. The minimum Gasteiger partial charge on any atom is -0.314 e. The van der Waals surface area contributed by atoms with Gasteiger partial charge in [-0.1, -0.05) is 50.0 Å². The third kappa shape index (κ3) is 4.98. The molecule has 0 heterocycles. The number of hydrogen-bond donors (Lipinski definition) is 1. The summed E-state index contributed by atoms with van der Waals surface area (Å²) in [5, 5.41) is 5.14. The monoisotopic (exact) mass is 301 g/mol. The average Bonchev–Trinajstić information content (AvgIpc) is 2.35. The summed E-state index contributed by atoms with van der Waals surface area (Å²) >= 11 is 12.6. The third-order valence-corrected chi connectivity index (χ3v) is 4.42. The lowest BCUT2D eigenvalue weighted by molar-refractivity contribution is 0.289. The zero-order valence-corrected chi connectivity index (χ0v) is 13.9. The van der Waals surface area contributed by atoms with Gasteiger partial charge in [-0.2, -0.15) is 0 Å². The van der Waals surface area contributed by atoms with Crippen molar-refractivity contribution in [3.8, 4) is 0 Å². The van der Waals surface area contributed by atoms with Gasteiger partial charge in [0.15, 0.2) is 0 Å². The maximum Gasteiger partial charge on any atom is 0.0452 e. The number of rotatable bonds is 7. The van der Waals surface area contributed by atoms with Crippen LogP contribution in [0.2, 0.25) is 10.0 Å². The van der Waals surface area contributed by atoms with Crippen LogP contribution in [0, 0.1) is 11.8 Å². The van der Waals surface area contributed by atoms with Gasteiger partial charge in [-0.3, -0.25) is 0 Å². The van der Waals surface area contributed by atoms with Gasteiger partial charge >= 0.3 is 0 Å². The van der Waals surface area contributed by atoms with Crippen LogP contribution in [-0.4, -0.2) is 12.6 Å². The van der Waals surface area contributed by atoms with Crippen LogP contribution in [0.25, 0.3) is 0 Å². The number of benzene rings is 1. The van der Waals surface area contributed by atoms with Gasteiger partial charge in [0.25, 0.3) is 0 Å². The van der Waals surface area contributed by atoms with E-state index in [2.05, 4.69) is 33.0 Å². The Morgan fingerprint density at radius 1 is 1.11 bits per heavy atom. The summed E-state index contributed by atoms with van der Waals surface area (Å²) in [6, 6.07) is 6.21. The molecule has 0 saturated heterocycles. The average molecular weight is 302 g/mol. The zero-order chi connectivity index (χ0) is 14.4. The van der Waals surface area contributed by atoms with Crippen molar-refractivity contribution < 1.29 is 0 Å². The van der Waals surface area contributed by atoms with Crippen LogP contribution in [0.5, 0.6) is 0 Å². The Hall–Kier alpha value is -0.240. The van der Waals surface area contributed by atoms with E-state index in [9.17, 15) is 0 Å². The van der Waals surface area contributed by atoms with Gasteiger partial charge in [0.1, 0.15) is 0 Å². The van der Waals surface area contributed by atoms with Gasteiger partial charge < -0.3 is 5.32 Å². The van der Waals surface area contributed by atoms with Crippen molar-refractivity contribution in [2.45, 2.75) is 46.6 Å². The summed E-state index contributed by atoms with van der Waals surface area (Å²) in [6.45, 7) is 10.0. The van der Waals surface area contributed by atoms with Gasteiger partial charge in [-0.15, -0.1) is 0 Å². The Morgan fingerprint density at radius 3 is 2.16 bits per heavy atom. The second-order valence-electron chi connectivity index (χ2n) is 5.56. The first kappa shape index (κ1) is 16.8. The van der Waals surface area contributed by atoms with Crippen LogP contribution in [0.15, 0.2) is 18.2 Å². The van der Waals surface area contributed by atoms with E-state index >= 15 is 0 Å². The fraction of sp³-hybridized carbons (Fsp3) is 0.625. The Labute approximate surface area is 127 Å². The minimum absolute atomic E-state index is 0.465. The van der Waals surface area contributed by atoms with E-state index in [0.717, 1.165) is 35.0 Å². The van der Waals surface area contributed by atoms with Gasteiger partial charge in [-0.25, -0.2) is 0 Å². The molecular weight excluding hydrogens is 277 g/mol. The predicted molar refractivity (Wildman–Crippen MR) is 86.2 cm³/mol. The van der Waals surface area contributed by atoms with Gasteiger partial charge in [0.05, 0.1) is 0 Å². The first-order valence-corrected chi connectivity index (χ1v) is 7.89. The van der Waals surface area contributed by atoms with E-state index in [1.807, 2.05) is 18.2 Å². The van der Waals surface area contributed by atoms with Crippen molar-refractivity contribution in [1.82, 2.24) is 5.32 Å². The minimum atomic E-state index is 0.465. The standard InChI is InChI=1S/C16H25Cl2N/c1-5-9-19-12(4)13(11(2)3)10-14-15(17)7-6-8-16(14)18/h6-8,11-13,19H,5,9-10H2,1-4H3. The maximum atomic E-state index is 6.28. The van der Waals surface area contributed by atoms with E-state index in [0.29, 0.717) is 17.9 Å². The Morgan fingerprint density at radius 2 is 1.68 bits per heavy atom. The highest BCUT2D eigenvalue weighted by atomic mass is 35.5. The quantitative estimate of drug-likeness (QED) is 0.730. The molecule has 3 heteroatoms. The number of halogens is 2. The lowest BCUT2D eigenvalue weighted by Crippen LogP contribution is -2.37. The second-order valence-corrected chi connectivity index (χ2v) is 6.37. The molecular formula is C16H25Cl2N. The van der Waals surface area contributed by atoms with Crippen LogP contribution >= 0.6 is 23.2 Å². The molecule has 108 valence electrons. The highest BCUT2D eigenvalue weighted by Crippen LogP contribution is 2.30. The number of nitrogens with one attached hydrogen (secondary N) is 1. The van der Waals surface area contributed by atoms with E-state index in [4.69, 9.17) is 23.2 Å². The maximum absolute atomic E-state index is 6.28. The largest absolute Gasteiger partial charge is 0.314 e. The van der Waals surface area contributed by atoms with Gasteiger partial charge in [-0.05, 0) is 55.8 Å². The van der Waals surface area contributed by atoms with E-state index in [1.54, 1.807) is 0 Å². The molecule has 1 N–H and O–H groups in total. The number of hydrogen-bond acceptors (Lipinski definition) is 1. The summed E-state index contributed by atoms with van der Waals surface area (Å²) in [7, 11) is 0.